The molecule has 1 aliphatic heterocycles. The molecule has 0 bridgehead atoms. The molecule has 118 valence electrons. The number of ether oxygens (including phenoxy) is 1. The van der Waals surface area contributed by atoms with E-state index in [0.29, 0.717) is 6.54 Å². The van der Waals surface area contributed by atoms with E-state index < -0.39 is 0 Å². The highest BCUT2D eigenvalue weighted by Gasteiger charge is 2.32. The van der Waals surface area contributed by atoms with Crippen LogP contribution in [0, 0.1) is 0 Å². The van der Waals surface area contributed by atoms with E-state index in [1.165, 1.54) is 18.4 Å². The van der Waals surface area contributed by atoms with Gasteiger partial charge in [0.15, 0.2) is 0 Å². The van der Waals surface area contributed by atoms with Crippen LogP contribution in [-0.4, -0.2) is 50.6 Å². The van der Waals surface area contributed by atoms with Crippen molar-refractivity contribution in [1.29, 1.82) is 0 Å². The van der Waals surface area contributed by atoms with Crippen molar-refractivity contribution in [1.82, 2.24) is 9.80 Å². The van der Waals surface area contributed by atoms with Crippen LogP contribution >= 0.6 is 11.6 Å². The summed E-state index contributed by atoms with van der Waals surface area (Å²) in [4.78, 5) is 4.65. The summed E-state index contributed by atoms with van der Waals surface area (Å²) in [5, 5.41) is 0.803. The predicted octanol–water partition coefficient (Wildman–Crippen LogP) is 2.51. The number of rotatable bonds is 7. The van der Waals surface area contributed by atoms with Crippen LogP contribution in [0.3, 0.4) is 0 Å². The maximum atomic E-state index is 6.40. The summed E-state index contributed by atoms with van der Waals surface area (Å²) >= 11 is 6.40. The number of nitrogens with zero attached hydrogens (tertiary/aromatic N) is 2. The molecule has 1 aromatic carbocycles. The maximum absolute atomic E-state index is 6.40. The highest BCUT2D eigenvalue weighted by atomic mass is 35.5. The topological polar surface area (TPSA) is 41.7 Å². The van der Waals surface area contributed by atoms with Crippen LogP contribution < -0.4 is 10.5 Å². The normalized spacial score (nSPS) is 18.3. The summed E-state index contributed by atoms with van der Waals surface area (Å²) in [5.74, 6) is 0.920. The van der Waals surface area contributed by atoms with Crippen molar-refractivity contribution in [2.24, 2.45) is 5.73 Å². The summed E-state index contributed by atoms with van der Waals surface area (Å²) in [6.07, 6.45) is 2.37. The first kappa shape index (κ1) is 16.6. The first-order valence-electron chi connectivity index (χ1n) is 7.52. The third-order valence-corrected chi connectivity index (χ3v) is 4.47. The van der Waals surface area contributed by atoms with E-state index in [1.54, 1.807) is 7.11 Å². The van der Waals surface area contributed by atoms with E-state index in [1.807, 2.05) is 12.1 Å². The molecule has 1 unspecified atom stereocenters. The SMILES string of the molecule is COc1ccc(Cl)c2c1CN(CCCCN(C)C)C2CN. The zero-order valence-corrected chi connectivity index (χ0v) is 14.0. The average Bonchev–Trinajstić information content (AvgIpc) is 2.83. The van der Waals surface area contributed by atoms with Gasteiger partial charge in [-0.3, -0.25) is 4.90 Å². The van der Waals surface area contributed by atoms with Crippen molar-refractivity contribution in [3.63, 3.8) is 0 Å². The van der Waals surface area contributed by atoms with Gasteiger partial charge in [-0.15, -0.1) is 0 Å². The van der Waals surface area contributed by atoms with Crippen molar-refractivity contribution >= 4 is 11.6 Å². The Hall–Kier alpha value is -0.810. The van der Waals surface area contributed by atoms with Crippen LogP contribution in [0.25, 0.3) is 0 Å². The zero-order valence-electron chi connectivity index (χ0n) is 13.2. The minimum Gasteiger partial charge on any atom is -0.496 e. The number of fused-ring (bicyclic) bond motifs is 1. The van der Waals surface area contributed by atoms with Gasteiger partial charge in [0.2, 0.25) is 0 Å². The van der Waals surface area contributed by atoms with Crippen molar-refractivity contribution in [3.05, 3.63) is 28.3 Å². The quantitative estimate of drug-likeness (QED) is 0.786. The molecule has 2 N–H and O–H groups in total. The first-order valence-corrected chi connectivity index (χ1v) is 7.90. The lowest BCUT2D eigenvalue weighted by Gasteiger charge is -2.24. The second-order valence-corrected chi connectivity index (χ2v) is 6.28. The zero-order chi connectivity index (χ0) is 15.4. The molecule has 0 saturated heterocycles. The molecule has 1 atom stereocenters. The molecule has 0 aromatic heterocycles. The summed E-state index contributed by atoms with van der Waals surface area (Å²) in [5.41, 5.74) is 8.36. The molecule has 0 spiro atoms. The highest BCUT2D eigenvalue weighted by molar-refractivity contribution is 6.31. The van der Waals surface area contributed by atoms with E-state index in [-0.39, 0.29) is 6.04 Å². The minimum absolute atomic E-state index is 0.210. The first-order chi connectivity index (χ1) is 10.1. The van der Waals surface area contributed by atoms with Gasteiger partial charge < -0.3 is 15.4 Å². The molecule has 21 heavy (non-hydrogen) atoms. The molecular formula is C16H26ClN3O. The van der Waals surface area contributed by atoms with Gasteiger partial charge in [-0.1, -0.05) is 11.6 Å². The number of hydrogen-bond acceptors (Lipinski definition) is 4. The number of nitrogens with two attached hydrogens (primary N) is 1. The number of unbranched alkanes of at least 4 members (excludes halogenated alkanes) is 1. The Morgan fingerprint density at radius 2 is 2.14 bits per heavy atom. The molecule has 0 fully saturated rings. The summed E-state index contributed by atoms with van der Waals surface area (Å²) in [7, 11) is 5.93. The largest absolute Gasteiger partial charge is 0.496 e. The third kappa shape index (κ3) is 3.69. The van der Waals surface area contributed by atoms with E-state index in [2.05, 4.69) is 23.9 Å². The van der Waals surface area contributed by atoms with Crippen LogP contribution in [0.4, 0.5) is 0 Å². The standard InChI is InChI=1S/C16H26ClN3O/c1-19(2)8-4-5-9-20-11-12-15(21-3)7-6-13(17)16(12)14(20)10-18/h6-7,14H,4-5,8-11,18H2,1-3H3. The van der Waals surface area contributed by atoms with Crippen LogP contribution in [0.1, 0.15) is 30.0 Å². The van der Waals surface area contributed by atoms with Gasteiger partial charge in [0.1, 0.15) is 5.75 Å². The minimum atomic E-state index is 0.210. The molecule has 2 rings (SSSR count). The Morgan fingerprint density at radius 3 is 2.76 bits per heavy atom. The number of methoxy groups -OCH3 is 1. The maximum Gasteiger partial charge on any atom is 0.123 e. The van der Waals surface area contributed by atoms with E-state index in [9.17, 15) is 0 Å². The van der Waals surface area contributed by atoms with Gasteiger partial charge in [0, 0.05) is 29.7 Å². The predicted molar refractivity (Wildman–Crippen MR) is 88.0 cm³/mol. The Bertz CT molecular complexity index is 479. The second kappa shape index (κ2) is 7.45. The van der Waals surface area contributed by atoms with Crippen LogP contribution in [0.2, 0.25) is 5.02 Å². The fourth-order valence-electron chi connectivity index (χ4n) is 3.07. The Labute approximate surface area is 132 Å². The molecule has 0 aliphatic carbocycles. The van der Waals surface area contributed by atoms with Crippen molar-refractivity contribution < 1.29 is 4.74 Å². The van der Waals surface area contributed by atoms with Gasteiger partial charge in [-0.2, -0.15) is 0 Å². The molecule has 5 heteroatoms. The molecule has 1 aliphatic rings. The Kier molecular flexibility index (Phi) is 5.88. The lowest BCUT2D eigenvalue weighted by Crippen LogP contribution is -2.29. The molecule has 1 aromatic rings. The fourth-order valence-corrected chi connectivity index (χ4v) is 3.37. The Morgan fingerprint density at radius 1 is 1.38 bits per heavy atom. The van der Waals surface area contributed by atoms with E-state index in [4.69, 9.17) is 22.1 Å². The second-order valence-electron chi connectivity index (χ2n) is 5.87. The monoisotopic (exact) mass is 311 g/mol. The molecule has 0 amide bonds. The molecule has 4 nitrogen and oxygen atoms in total. The Balaban J connectivity index is 2.08. The number of benzene rings is 1. The summed E-state index contributed by atoms with van der Waals surface area (Å²) in [6.45, 7) is 3.64. The summed E-state index contributed by atoms with van der Waals surface area (Å²) in [6, 6.07) is 4.07. The van der Waals surface area contributed by atoms with Crippen LogP contribution in [0.5, 0.6) is 5.75 Å². The van der Waals surface area contributed by atoms with Crippen LogP contribution in [0.15, 0.2) is 12.1 Å². The molecule has 0 radical (unpaired) electrons. The average molecular weight is 312 g/mol. The van der Waals surface area contributed by atoms with Gasteiger partial charge in [0.25, 0.3) is 0 Å². The summed E-state index contributed by atoms with van der Waals surface area (Å²) < 4.78 is 5.48. The molecular weight excluding hydrogens is 286 g/mol. The highest BCUT2D eigenvalue weighted by Crippen LogP contribution is 2.42. The molecule has 1 heterocycles. The fraction of sp³-hybridized carbons (Fsp3) is 0.625. The van der Waals surface area contributed by atoms with Gasteiger partial charge >= 0.3 is 0 Å². The lowest BCUT2D eigenvalue weighted by atomic mass is 10.0. The van der Waals surface area contributed by atoms with Crippen molar-refractivity contribution in [2.75, 3.05) is 40.8 Å². The molecule has 0 saturated carbocycles. The van der Waals surface area contributed by atoms with Crippen LogP contribution in [-0.2, 0) is 6.54 Å². The number of hydrogen-bond donors (Lipinski definition) is 1. The van der Waals surface area contributed by atoms with E-state index in [0.717, 1.165) is 36.0 Å². The smallest absolute Gasteiger partial charge is 0.123 e. The van der Waals surface area contributed by atoms with Gasteiger partial charge in [0.05, 0.1) is 7.11 Å². The van der Waals surface area contributed by atoms with Crippen molar-refractivity contribution in [2.45, 2.75) is 25.4 Å². The van der Waals surface area contributed by atoms with Gasteiger partial charge in [-0.05, 0) is 57.7 Å². The van der Waals surface area contributed by atoms with Crippen molar-refractivity contribution in [3.8, 4) is 5.75 Å². The van der Waals surface area contributed by atoms with Gasteiger partial charge in [-0.25, -0.2) is 0 Å². The van der Waals surface area contributed by atoms with E-state index >= 15 is 0 Å². The number of halogens is 1. The third-order valence-electron chi connectivity index (χ3n) is 4.14. The lowest BCUT2D eigenvalue weighted by molar-refractivity contribution is 0.211.